The first-order chi connectivity index (χ1) is 10.7. The van der Waals surface area contributed by atoms with Gasteiger partial charge in [0, 0.05) is 11.5 Å². The molecule has 1 atom stereocenters. The van der Waals surface area contributed by atoms with Gasteiger partial charge in [-0.1, -0.05) is 36.4 Å². The molecule has 22 heavy (non-hydrogen) atoms. The monoisotopic (exact) mass is 294 g/mol. The lowest BCUT2D eigenvalue weighted by atomic mass is 9.79. The molecule has 1 aliphatic rings. The lowest BCUT2D eigenvalue weighted by Gasteiger charge is -2.23. The van der Waals surface area contributed by atoms with Crippen LogP contribution in [0.3, 0.4) is 0 Å². The number of carbonyl (C=O) groups is 2. The van der Waals surface area contributed by atoms with Crippen molar-refractivity contribution in [2.45, 2.75) is 25.7 Å². The number of fused-ring (bicyclic) bond motifs is 1. The highest BCUT2D eigenvalue weighted by Crippen LogP contribution is 2.32. The molecule has 0 saturated carbocycles. The van der Waals surface area contributed by atoms with Crippen LogP contribution >= 0.6 is 0 Å². The van der Waals surface area contributed by atoms with E-state index in [0.29, 0.717) is 12.2 Å². The molecule has 1 unspecified atom stereocenters. The van der Waals surface area contributed by atoms with Crippen LogP contribution in [-0.4, -0.2) is 18.4 Å². The molecule has 0 fully saturated rings. The highest BCUT2D eigenvalue weighted by Gasteiger charge is 2.28. The Labute approximate surface area is 129 Å². The maximum absolute atomic E-state index is 12.6. The maximum Gasteiger partial charge on any atom is 0.338 e. The van der Waals surface area contributed by atoms with E-state index >= 15 is 0 Å². The third-order valence-electron chi connectivity index (χ3n) is 4.13. The largest absolute Gasteiger partial charge is 0.462 e. The number of hydrogen-bond donors (Lipinski definition) is 0. The third kappa shape index (κ3) is 2.67. The number of benzene rings is 2. The zero-order valence-electron chi connectivity index (χ0n) is 12.5. The zero-order valence-corrected chi connectivity index (χ0v) is 12.5. The number of rotatable bonds is 3. The Bertz CT molecular complexity index is 701. The van der Waals surface area contributed by atoms with Gasteiger partial charge < -0.3 is 4.74 Å². The van der Waals surface area contributed by atoms with Crippen LogP contribution in [0.25, 0.3) is 0 Å². The molecule has 112 valence electrons. The zero-order chi connectivity index (χ0) is 15.5. The molecule has 2 aromatic carbocycles. The first-order valence-corrected chi connectivity index (χ1v) is 7.60. The molecular formula is C19H18O3. The average Bonchev–Trinajstić information content (AvgIpc) is 2.56. The molecular weight excluding hydrogens is 276 g/mol. The number of ether oxygens (including phenoxy) is 1. The van der Waals surface area contributed by atoms with Gasteiger partial charge in [0.1, 0.15) is 0 Å². The average molecular weight is 294 g/mol. The van der Waals surface area contributed by atoms with Gasteiger partial charge in [-0.3, -0.25) is 4.79 Å². The summed E-state index contributed by atoms with van der Waals surface area (Å²) in [5, 5.41) is 0. The van der Waals surface area contributed by atoms with Crippen molar-refractivity contribution in [1.29, 1.82) is 0 Å². The van der Waals surface area contributed by atoms with Crippen molar-refractivity contribution in [1.82, 2.24) is 0 Å². The molecule has 0 bridgehead atoms. The Morgan fingerprint density at radius 3 is 2.59 bits per heavy atom. The molecule has 3 heteroatoms. The lowest BCUT2D eigenvalue weighted by Crippen LogP contribution is -2.20. The molecule has 3 nitrogen and oxygen atoms in total. The van der Waals surface area contributed by atoms with E-state index in [-0.39, 0.29) is 17.7 Å². The molecule has 0 amide bonds. The van der Waals surface area contributed by atoms with E-state index in [1.165, 1.54) is 0 Å². The van der Waals surface area contributed by atoms with Crippen LogP contribution in [0.2, 0.25) is 0 Å². The second kappa shape index (κ2) is 6.14. The van der Waals surface area contributed by atoms with E-state index in [9.17, 15) is 9.59 Å². The summed E-state index contributed by atoms with van der Waals surface area (Å²) in [4.78, 5) is 24.3. The van der Waals surface area contributed by atoms with Crippen molar-refractivity contribution in [3.05, 3.63) is 70.8 Å². The Kier molecular flexibility index (Phi) is 4.05. The number of aryl methyl sites for hydroxylation is 1. The highest BCUT2D eigenvalue weighted by atomic mass is 16.5. The van der Waals surface area contributed by atoms with Crippen LogP contribution in [-0.2, 0) is 11.2 Å². The van der Waals surface area contributed by atoms with E-state index in [2.05, 4.69) is 0 Å². The summed E-state index contributed by atoms with van der Waals surface area (Å²) >= 11 is 0. The Morgan fingerprint density at radius 2 is 1.86 bits per heavy atom. The molecule has 1 aliphatic carbocycles. The van der Waals surface area contributed by atoms with Crippen LogP contribution in [0, 0.1) is 0 Å². The van der Waals surface area contributed by atoms with Crippen molar-refractivity contribution in [3.8, 4) is 0 Å². The van der Waals surface area contributed by atoms with Crippen LogP contribution in [0.15, 0.2) is 48.5 Å². The lowest BCUT2D eigenvalue weighted by molar-refractivity contribution is 0.0526. The Hall–Kier alpha value is -2.42. The normalized spacial score (nSPS) is 17.0. The fraction of sp³-hybridized carbons (Fsp3) is 0.263. The molecule has 0 N–H and O–H groups in total. The van der Waals surface area contributed by atoms with Crippen molar-refractivity contribution >= 4 is 11.8 Å². The molecule has 0 radical (unpaired) electrons. The first kappa shape index (κ1) is 14.5. The van der Waals surface area contributed by atoms with Crippen LogP contribution in [0.4, 0.5) is 0 Å². The third-order valence-corrected chi connectivity index (χ3v) is 4.13. The first-order valence-electron chi connectivity index (χ1n) is 7.60. The Balaban J connectivity index is 1.84. The molecule has 0 spiro atoms. The summed E-state index contributed by atoms with van der Waals surface area (Å²) in [6.45, 7) is 2.14. The summed E-state index contributed by atoms with van der Waals surface area (Å²) in [6.07, 6.45) is 1.72. The Morgan fingerprint density at radius 1 is 1.14 bits per heavy atom. The maximum atomic E-state index is 12.6. The van der Waals surface area contributed by atoms with E-state index in [0.717, 1.165) is 29.5 Å². The minimum Gasteiger partial charge on any atom is -0.462 e. The van der Waals surface area contributed by atoms with E-state index in [4.69, 9.17) is 4.74 Å². The predicted octanol–water partition coefficient (Wildman–Crippen LogP) is 3.78. The topological polar surface area (TPSA) is 43.4 Å². The van der Waals surface area contributed by atoms with Gasteiger partial charge in [-0.2, -0.15) is 0 Å². The SMILES string of the molecule is CCOC(=O)c1ccc(C2CCc3ccccc3C2=O)cc1. The van der Waals surface area contributed by atoms with Crippen molar-refractivity contribution in [3.63, 3.8) is 0 Å². The molecule has 0 aromatic heterocycles. The number of esters is 1. The van der Waals surface area contributed by atoms with Gasteiger partial charge in [0.25, 0.3) is 0 Å². The van der Waals surface area contributed by atoms with Gasteiger partial charge >= 0.3 is 5.97 Å². The van der Waals surface area contributed by atoms with Crippen LogP contribution in [0.1, 0.15) is 51.1 Å². The fourth-order valence-electron chi connectivity index (χ4n) is 2.98. The molecule has 3 rings (SSSR count). The summed E-state index contributed by atoms with van der Waals surface area (Å²) < 4.78 is 4.98. The fourth-order valence-corrected chi connectivity index (χ4v) is 2.98. The molecule has 0 heterocycles. The smallest absolute Gasteiger partial charge is 0.338 e. The second-order valence-electron chi connectivity index (χ2n) is 5.46. The quantitative estimate of drug-likeness (QED) is 0.809. The van der Waals surface area contributed by atoms with Gasteiger partial charge in [-0.15, -0.1) is 0 Å². The van der Waals surface area contributed by atoms with Gasteiger partial charge in [-0.05, 0) is 43.0 Å². The van der Waals surface area contributed by atoms with Crippen LogP contribution < -0.4 is 0 Å². The standard InChI is InChI=1S/C19H18O3/c1-2-22-19(21)15-9-7-14(8-10-15)17-12-11-13-5-3-4-6-16(13)18(17)20/h3-10,17H,2,11-12H2,1H3. The van der Waals surface area contributed by atoms with Gasteiger partial charge in [0.15, 0.2) is 5.78 Å². The van der Waals surface area contributed by atoms with Gasteiger partial charge in [-0.25, -0.2) is 4.79 Å². The van der Waals surface area contributed by atoms with Crippen molar-refractivity contribution in [2.75, 3.05) is 6.61 Å². The van der Waals surface area contributed by atoms with Gasteiger partial charge in [0.05, 0.1) is 12.2 Å². The van der Waals surface area contributed by atoms with Crippen molar-refractivity contribution < 1.29 is 14.3 Å². The summed E-state index contributed by atoms with van der Waals surface area (Å²) in [5.74, 6) is -0.272. The summed E-state index contributed by atoms with van der Waals surface area (Å²) in [5.41, 5.74) is 3.45. The predicted molar refractivity (Wildman–Crippen MR) is 84.2 cm³/mol. The number of Topliss-reactive ketones (excluding diaryl/α,β-unsaturated/α-hetero) is 1. The van der Waals surface area contributed by atoms with Crippen molar-refractivity contribution in [2.24, 2.45) is 0 Å². The number of carbonyl (C=O) groups excluding carboxylic acids is 2. The van der Waals surface area contributed by atoms with E-state index < -0.39 is 0 Å². The molecule has 0 aliphatic heterocycles. The molecule has 0 saturated heterocycles. The number of hydrogen-bond acceptors (Lipinski definition) is 3. The van der Waals surface area contributed by atoms with E-state index in [1.54, 1.807) is 19.1 Å². The van der Waals surface area contributed by atoms with E-state index in [1.807, 2.05) is 36.4 Å². The second-order valence-corrected chi connectivity index (χ2v) is 5.46. The number of ketones is 1. The minimum atomic E-state index is -0.325. The molecule has 2 aromatic rings. The van der Waals surface area contributed by atoms with Crippen LogP contribution in [0.5, 0.6) is 0 Å². The minimum absolute atomic E-state index is 0.119. The summed E-state index contributed by atoms with van der Waals surface area (Å²) in [6, 6.07) is 15.0. The summed E-state index contributed by atoms with van der Waals surface area (Å²) in [7, 11) is 0. The van der Waals surface area contributed by atoms with Gasteiger partial charge in [0.2, 0.25) is 0 Å². The highest BCUT2D eigenvalue weighted by molar-refractivity contribution is 6.03.